The van der Waals surface area contributed by atoms with Crippen LogP contribution in [-0.2, 0) is 9.59 Å². The molecule has 0 saturated carbocycles. The fourth-order valence-corrected chi connectivity index (χ4v) is 2.75. The van der Waals surface area contributed by atoms with Crippen molar-refractivity contribution < 1.29 is 14.4 Å². The van der Waals surface area contributed by atoms with Crippen LogP contribution in [0.4, 0.5) is 5.69 Å². The molecule has 0 radical (unpaired) electrons. The molecule has 0 spiro atoms. The lowest BCUT2D eigenvalue weighted by Gasteiger charge is -2.20. The average Bonchev–Trinajstić information content (AvgIpc) is 2.65. The monoisotopic (exact) mass is 381 g/mol. The molecule has 0 heterocycles. The van der Waals surface area contributed by atoms with E-state index in [0.717, 1.165) is 16.8 Å². The van der Waals surface area contributed by atoms with Gasteiger partial charge in [0, 0.05) is 30.8 Å². The highest BCUT2D eigenvalue weighted by Gasteiger charge is 2.18. The van der Waals surface area contributed by atoms with Crippen LogP contribution in [0.2, 0.25) is 0 Å². The minimum absolute atomic E-state index is 0.0500. The lowest BCUT2D eigenvalue weighted by molar-refractivity contribution is -0.133. The third-order valence-electron chi connectivity index (χ3n) is 4.58. The predicted octanol–water partition coefficient (Wildman–Crippen LogP) is 2.91. The summed E-state index contributed by atoms with van der Waals surface area (Å²) in [5.41, 5.74) is 3.38. The number of amides is 3. The highest BCUT2D eigenvalue weighted by Crippen LogP contribution is 2.17. The van der Waals surface area contributed by atoms with E-state index < -0.39 is 0 Å². The molecule has 0 aliphatic rings. The van der Waals surface area contributed by atoms with Gasteiger partial charge in [-0.3, -0.25) is 14.4 Å². The fraction of sp³-hybridized carbons (Fsp3) is 0.318. The van der Waals surface area contributed by atoms with Gasteiger partial charge in [0.1, 0.15) is 0 Å². The first-order chi connectivity index (χ1) is 13.3. The molecule has 2 rings (SSSR count). The van der Waals surface area contributed by atoms with E-state index in [0.29, 0.717) is 5.56 Å². The van der Waals surface area contributed by atoms with E-state index in [2.05, 4.69) is 10.6 Å². The predicted molar refractivity (Wildman–Crippen MR) is 110 cm³/mol. The number of hydrogen-bond acceptors (Lipinski definition) is 3. The Labute approximate surface area is 165 Å². The van der Waals surface area contributed by atoms with Crippen molar-refractivity contribution in [3.05, 3.63) is 65.2 Å². The molecular weight excluding hydrogens is 354 g/mol. The summed E-state index contributed by atoms with van der Waals surface area (Å²) in [5.74, 6) is -0.696. The number of nitrogens with zero attached hydrogens (tertiary/aromatic N) is 1. The number of aryl methyl sites for hydroxylation is 1. The zero-order chi connectivity index (χ0) is 20.7. The molecule has 0 unspecified atom stereocenters. The van der Waals surface area contributed by atoms with Crippen molar-refractivity contribution in [1.82, 2.24) is 10.2 Å². The van der Waals surface area contributed by atoms with Crippen LogP contribution in [0.15, 0.2) is 48.5 Å². The second kappa shape index (κ2) is 9.69. The van der Waals surface area contributed by atoms with Crippen LogP contribution in [0.3, 0.4) is 0 Å². The van der Waals surface area contributed by atoms with Crippen molar-refractivity contribution in [1.29, 1.82) is 0 Å². The lowest BCUT2D eigenvalue weighted by Crippen LogP contribution is -2.40. The Morgan fingerprint density at radius 1 is 1.00 bits per heavy atom. The van der Waals surface area contributed by atoms with Gasteiger partial charge in [-0.1, -0.05) is 30.3 Å². The van der Waals surface area contributed by atoms with Gasteiger partial charge in [-0.2, -0.15) is 0 Å². The smallest absolute Gasteiger partial charge is 0.251 e. The first-order valence-electron chi connectivity index (χ1n) is 9.24. The molecule has 0 saturated heterocycles. The summed E-state index contributed by atoms with van der Waals surface area (Å²) in [7, 11) is 1.58. The minimum Gasteiger partial charge on any atom is -0.349 e. The lowest BCUT2D eigenvalue weighted by atomic mass is 10.1. The number of hydrogen-bond donors (Lipinski definition) is 2. The van der Waals surface area contributed by atoms with Gasteiger partial charge in [0.25, 0.3) is 5.91 Å². The van der Waals surface area contributed by atoms with Gasteiger partial charge in [-0.05, 0) is 50.1 Å². The zero-order valence-corrected chi connectivity index (χ0v) is 16.8. The summed E-state index contributed by atoms with van der Waals surface area (Å²) >= 11 is 0. The number of likely N-dealkylation sites (N-methyl/N-ethyl adjacent to an activating group) is 1. The number of carbonyl (C=O) groups is 3. The van der Waals surface area contributed by atoms with Gasteiger partial charge in [-0.15, -0.1) is 0 Å². The number of benzene rings is 2. The second-order valence-electron chi connectivity index (χ2n) is 6.99. The normalized spacial score (nSPS) is 11.4. The standard InChI is InChI=1S/C22H27N3O3/c1-15-9-8-12-19(17(15)3)24-20(26)14-25(4)21(27)13-16(2)23-22(28)18-10-6-5-7-11-18/h5-12,16H,13-14H2,1-4H3,(H,23,28)(H,24,26)/t16-/m0/s1. The van der Waals surface area contributed by atoms with Crippen LogP contribution in [0.25, 0.3) is 0 Å². The highest BCUT2D eigenvalue weighted by molar-refractivity contribution is 5.96. The molecular formula is C22H27N3O3. The van der Waals surface area contributed by atoms with Crippen LogP contribution in [0.1, 0.15) is 34.8 Å². The molecule has 2 N–H and O–H groups in total. The zero-order valence-electron chi connectivity index (χ0n) is 16.8. The van der Waals surface area contributed by atoms with Gasteiger partial charge in [-0.25, -0.2) is 0 Å². The summed E-state index contributed by atoms with van der Waals surface area (Å²) in [6, 6.07) is 14.2. The molecule has 0 aliphatic carbocycles. The van der Waals surface area contributed by atoms with Crippen molar-refractivity contribution in [2.75, 3.05) is 18.9 Å². The largest absolute Gasteiger partial charge is 0.349 e. The van der Waals surface area contributed by atoms with E-state index in [9.17, 15) is 14.4 Å². The van der Waals surface area contributed by atoms with Crippen molar-refractivity contribution in [2.45, 2.75) is 33.2 Å². The molecule has 2 aromatic rings. The summed E-state index contributed by atoms with van der Waals surface area (Å²) in [6.45, 7) is 5.64. The van der Waals surface area contributed by atoms with Crippen molar-refractivity contribution in [3.8, 4) is 0 Å². The Bertz CT molecular complexity index is 849. The molecule has 6 heteroatoms. The van der Waals surface area contributed by atoms with E-state index >= 15 is 0 Å². The van der Waals surface area contributed by atoms with Gasteiger partial charge < -0.3 is 15.5 Å². The van der Waals surface area contributed by atoms with Crippen LogP contribution < -0.4 is 10.6 Å². The Hall–Kier alpha value is -3.15. The molecule has 0 fully saturated rings. The van der Waals surface area contributed by atoms with E-state index in [-0.39, 0.29) is 36.7 Å². The maximum absolute atomic E-state index is 12.4. The average molecular weight is 381 g/mol. The summed E-state index contributed by atoms with van der Waals surface area (Å²) in [6.07, 6.45) is 0.117. The maximum Gasteiger partial charge on any atom is 0.251 e. The number of rotatable bonds is 7. The van der Waals surface area contributed by atoms with Crippen LogP contribution in [-0.4, -0.2) is 42.3 Å². The van der Waals surface area contributed by atoms with E-state index in [4.69, 9.17) is 0 Å². The molecule has 148 valence electrons. The topological polar surface area (TPSA) is 78.5 Å². The summed E-state index contributed by atoms with van der Waals surface area (Å²) < 4.78 is 0. The minimum atomic E-state index is -0.343. The van der Waals surface area contributed by atoms with Gasteiger partial charge in [0.2, 0.25) is 11.8 Å². The Morgan fingerprint density at radius 3 is 2.36 bits per heavy atom. The van der Waals surface area contributed by atoms with Crippen molar-refractivity contribution in [3.63, 3.8) is 0 Å². The third-order valence-corrected chi connectivity index (χ3v) is 4.58. The van der Waals surface area contributed by atoms with Gasteiger partial charge >= 0.3 is 0 Å². The Balaban J connectivity index is 1.83. The van der Waals surface area contributed by atoms with Gasteiger partial charge in [0.15, 0.2) is 0 Å². The van der Waals surface area contributed by atoms with Crippen molar-refractivity contribution in [2.24, 2.45) is 0 Å². The molecule has 28 heavy (non-hydrogen) atoms. The number of nitrogens with one attached hydrogen (secondary N) is 2. The van der Waals surface area contributed by atoms with E-state index in [1.54, 1.807) is 38.2 Å². The summed E-state index contributed by atoms with van der Waals surface area (Å²) in [4.78, 5) is 38.2. The first kappa shape index (κ1) is 21.2. The van der Waals surface area contributed by atoms with Crippen molar-refractivity contribution >= 4 is 23.4 Å². The maximum atomic E-state index is 12.4. The SMILES string of the molecule is Cc1cccc(NC(=O)CN(C)C(=O)C[C@H](C)NC(=O)c2ccccc2)c1C. The fourth-order valence-electron chi connectivity index (χ4n) is 2.75. The van der Waals surface area contributed by atoms with E-state index in [1.807, 2.05) is 38.1 Å². The Kier molecular flexibility index (Phi) is 7.32. The van der Waals surface area contributed by atoms with E-state index in [1.165, 1.54) is 4.90 Å². The van der Waals surface area contributed by atoms with Crippen LogP contribution in [0.5, 0.6) is 0 Å². The Morgan fingerprint density at radius 2 is 1.68 bits per heavy atom. The van der Waals surface area contributed by atoms with Crippen LogP contribution >= 0.6 is 0 Å². The molecule has 0 bridgehead atoms. The quantitative estimate of drug-likeness (QED) is 0.774. The first-order valence-corrected chi connectivity index (χ1v) is 9.24. The van der Waals surface area contributed by atoms with Gasteiger partial charge in [0.05, 0.1) is 6.54 Å². The molecule has 6 nitrogen and oxygen atoms in total. The summed E-state index contributed by atoms with van der Waals surface area (Å²) in [5, 5.41) is 5.64. The molecule has 1 atom stereocenters. The van der Waals surface area contributed by atoms with Crippen LogP contribution in [0, 0.1) is 13.8 Å². The number of anilines is 1. The number of carbonyl (C=O) groups excluding carboxylic acids is 3. The highest BCUT2D eigenvalue weighted by atomic mass is 16.2. The molecule has 0 aromatic heterocycles. The molecule has 3 amide bonds. The second-order valence-corrected chi connectivity index (χ2v) is 6.99. The molecule has 2 aromatic carbocycles. The third kappa shape index (κ3) is 5.94. The molecule has 0 aliphatic heterocycles.